The third-order valence-electron chi connectivity index (χ3n) is 3.18. The molecule has 1 fully saturated rings. The van der Waals surface area contributed by atoms with Crippen LogP contribution in [0.15, 0.2) is 21.6 Å². The van der Waals surface area contributed by atoms with Gasteiger partial charge in [-0.15, -0.1) is 0 Å². The minimum absolute atomic E-state index is 0.0260. The van der Waals surface area contributed by atoms with E-state index >= 15 is 0 Å². The zero-order chi connectivity index (χ0) is 16.4. The van der Waals surface area contributed by atoms with Crippen molar-refractivity contribution in [3.05, 3.63) is 38.4 Å². The highest BCUT2D eigenvalue weighted by Gasteiger charge is 2.35. The molecule has 1 aromatic heterocycles. The van der Waals surface area contributed by atoms with Crippen LogP contribution in [0.5, 0.6) is 0 Å². The molecule has 3 atom stereocenters. The summed E-state index contributed by atoms with van der Waals surface area (Å²) >= 11 is 0. The van der Waals surface area contributed by atoms with E-state index in [9.17, 15) is 23.9 Å². The van der Waals surface area contributed by atoms with Crippen molar-refractivity contribution in [3.8, 4) is 0 Å². The van der Waals surface area contributed by atoms with Crippen molar-refractivity contribution < 1.29 is 29.2 Å². The molecule has 2 rings (SSSR count). The van der Waals surface area contributed by atoms with E-state index in [0.29, 0.717) is 6.08 Å². The number of aliphatic hydroxyl groups excluding tert-OH is 2. The summed E-state index contributed by atoms with van der Waals surface area (Å²) < 4.78 is 19.2. The predicted molar refractivity (Wildman–Crippen MR) is 69.7 cm³/mol. The number of aliphatic carboxylic acids is 1. The van der Waals surface area contributed by atoms with E-state index in [-0.39, 0.29) is 6.42 Å². The number of carboxylic acid groups (broad SMARTS) is 1. The Morgan fingerprint density at radius 1 is 1.55 bits per heavy atom. The van der Waals surface area contributed by atoms with Crippen LogP contribution in [0.2, 0.25) is 0 Å². The monoisotopic (exact) mass is 316 g/mol. The molecule has 1 aliphatic rings. The second-order valence-corrected chi connectivity index (χ2v) is 4.66. The van der Waals surface area contributed by atoms with Gasteiger partial charge in [-0.3, -0.25) is 14.3 Å². The lowest BCUT2D eigenvalue weighted by atomic mass is 10.2. The molecular formula is C12H13FN2O7. The number of aromatic nitrogens is 2. The molecule has 1 aliphatic heterocycles. The molecule has 9 nitrogen and oxygen atoms in total. The molecule has 2 heterocycles. The van der Waals surface area contributed by atoms with Crippen molar-refractivity contribution in [3.63, 3.8) is 0 Å². The van der Waals surface area contributed by atoms with E-state index in [4.69, 9.17) is 14.9 Å². The number of halogens is 1. The van der Waals surface area contributed by atoms with Gasteiger partial charge in [0.05, 0.1) is 18.3 Å². The maximum Gasteiger partial charge on any atom is 0.364 e. The standard InChI is InChI=1S/C12H13FN2O7/c13-6(11(19)20)1-5-3-15(12(21)14-10(5)18)9-2-7(17)8(4-16)22-9/h1,3,7-9,16-17H,2,4H2,(H,19,20)(H,14,18,21)/b6-1-/t7?,8-,9-/m1/s1. The van der Waals surface area contributed by atoms with Gasteiger partial charge in [0.15, 0.2) is 0 Å². The molecule has 0 radical (unpaired) electrons. The van der Waals surface area contributed by atoms with Crippen molar-refractivity contribution in [2.75, 3.05) is 6.61 Å². The first-order chi connectivity index (χ1) is 10.3. The second kappa shape index (κ2) is 6.22. The molecule has 0 amide bonds. The highest BCUT2D eigenvalue weighted by Crippen LogP contribution is 2.27. The Bertz CT molecular complexity index is 723. The van der Waals surface area contributed by atoms with Gasteiger partial charge in [-0.25, -0.2) is 9.59 Å². The first-order valence-electron chi connectivity index (χ1n) is 6.23. The number of nitrogens with zero attached hydrogens (tertiary/aromatic N) is 1. The molecular weight excluding hydrogens is 303 g/mol. The Hall–Kier alpha value is -2.30. The van der Waals surface area contributed by atoms with Crippen LogP contribution in [0.1, 0.15) is 18.2 Å². The maximum absolute atomic E-state index is 13.1. The minimum Gasteiger partial charge on any atom is -0.476 e. The fourth-order valence-corrected chi connectivity index (χ4v) is 2.07. The number of carbonyl (C=O) groups is 1. The van der Waals surface area contributed by atoms with Gasteiger partial charge >= 0.3 is 11.7 Å². The van der Waals surface area contributed by atoms with Crippen molar-refractivity contribution in [2.45, 2.75) is 24.9 Å². The largest absolute Gasteiger partial charge is 0.476 e. The quantitative estimate of drug-likeness (QED) is 0.499. The third-order valence-corrected chi connectivity index (χ3v) is 3.18. The molecule has 22 heavy (non-hydrogen) atoms. The van der Waals surface area contributed by atoms with E-state index in [0.717, 1.165) is 10.8 Å². The van der Waals surface area contributed by atoms with Gasteiger partial charge in [0.1, 0.15) is 12.3 Å². The minimum atomic E-state index is -1.86. The van der Waals surface area contributed by atoms with Crippen LogP contribution < -0.4 is 11.2 Å². The van der Waals surface area contributed by atoms with Crippen LogP contribution in [-0.4, -0.2) is 49.7 Å². The summed E-state index contributed by atoms with van der Waals surface area (Å²) in [5.74, 6) is -3.43. The molecule has 1 unspecified atom stereocenters. The summed E-state index contributed by atoms with van der Waals surface area (Å²) in [5, 5.41) is 27.1. The number of carboxylic acids is 1. The van der Waals surface area contributed by atoms with E-state index in [1.807, 2.05) is 4.98 Å². The van der Waals surface area contributed by atoms with Crippen molar-refractivity contribution in [1.82, 2.24) is 9.55 Å². The van der Waals surface area contributed by atoms with Crippen LogP contribution in [0, 0.1) is 0 Å². The lowest BCUT2D eigenvalue weighted by molar-refractivity contribution is -0.134. The third kappa shape index (κ3) is 3.13. The number of hydrogen-bond donors (Lipinski definition) is 4. The second-order valence-electron chi connectivity index (χ2n) is 4.66. The molecule has 0 bridgehead atoms. The van der Waals surface area contributed by atoms with Crippen molar-refractivity contribution >= 4 is 12.0 Å². The number of rotatable bonds is 4. The summed E-state index contributed by atoms with van der Waals surface area (Å²) in [6.07, 6.45) is -1.51. The number of H-pyrrole nitrogens is 1. The van der Waals surface area contributed by atoms with E-state index in [2.05, 4.69) is 0 Å². The normalized spacial score (nSPS) is 25.4. The zero-order valence-corrected chi connectivity index (χ0v) is 11.1. The van der Waals surface area contributed by atoms with Crippen LogP contribution in [0.4, 0.5) is 4.39 Å². The highest BCUT2D eigenvalue weighted by atomic mass is 19.1. The van der Waals surface area contributed by atoms with Gasteiger partial charge in [0, 0.05) is 12.6 Å². The van der Waals surface area contributed by atoms with Gasteiger partial charge in [0.2, 0.25) is 5.83 Å². The number of aromatic amines is 1. The number of nitrogens with one attached hydrogen (secondary N) is 1. The van der Waals surface area contributed by atoms with Crippen molar-refractivity contribution in [2.24, 2.45) is 0 Å². The van der Waals surface area contributed by atoms with Crippen LogP contribution in [-0.2, 0) is 9.53 Å². The van der Waals surface area contributed by atoms with Gasteiger partial charge in [0.25, 0.3) is 5.56 Å². The van der Waals surface area contributed by atoms with Crippen molar-refractivity contribution in [1.29, 1.82) is 0 Å². The lowest BCUT2D eigenvalue weighted by Gasteiger charge is -2.14. The summed E-state index contributed by atoms with van der Waals surface area (Å²) in [5.41, 5.74) is -2.23. The zero-order valence-electron chi connectivity index (χ0n) is 11.1. The van der Waals surface area contributed by atoms with Gasteiger partial charge in [-0.2, -0.15) is 4.39 Å². The molecule has 0 saturated carbocycles. The molecule has 10 heteroatoms. The van der Waals surface area contributed by atoms with Gasteiger partial charge in [-0.1, -0.05) is 0 Å². The number of hydrogen-bond acceptors (Lipinski definition) is 6. The Morgan fingerprint density at radius 2 is 2.23 bits per heavy atom. The van der Waals surface area contributed by atoms with Crippen LogP contribution >= 0.6 is 0 Å². The molecule has 0 spiro atoms. The molecule has 4 N–H and O–H groups in total. The molecule has 120 valence electrons. The summed E-state index contributed by atoms with van der Waals surface area (Å²) in [6, 6.07) is 0. The fraction of sp³-hybridized carbons (Fsp3) is 0.417. The predicted octanol–water partition coefficient (Wildman–Crippen LogP) is -1.43. The summed E-state index contributed by atoms with van der Waals surface area (Å²) in [7, 11) is 0. The van der Waals surface area contributed by atoms with Gasteiger partial charge < -0.3 is 20.1 Å². The molecule has 1 saturated heterocycles. The first-order valence-corrected chi connectivity index (χ1v) is 6.23. The molecule has 0 aliphatic carbocycles. The highest BCUT2D eigenvalue weighted by molar-refractivity contribution is 5.89. The Kier molecular flexibility index (Phi) is 4.54. The summed E-state index contributed by atoms with van der Waals surface area (Å²) in [6.45, 7) is -0.462. The number of aliphatic hydroxyl groups is 2. The molecule has 1 aromatic rings. The maximum atomic E-state index is 13.1. The smallest absolute Gasteiger partial charge is 0.364 e. The SMILES string of the molecule is O=C(O)/C(F)=C/c1cn([C@H]2CC(O)[C@@H](CO)O2)c(=O)[nH]c1=O. The van der Waals surface area contributed by atoms with E-state index < -0.39 is 53.7 Å². The van der Waals surface area contributed by atoms with Gasteiger partial charge in [-0.05, 0) is 6.08 Å². The number of ether oxygens (including phenoxy) is 1. The lowest BCUT2D eigenvalue weighted by Crippen LogP contribution is -2.33. The Morgan fingerprint density at radius 3 is 2.77 bits per heavy atom. The topological polar surface area (TPSA) is 142 Å². The van der Waals surface area contributed by atoms with E-state index in [1.165, 1.54) is 0 Å². The average Bonchev–Trinajstić information content (AvgIpc) is 2.82. The van der Waals surface area contributed by atoms with E-state index in [1.54, 1.807) is 0 Å². The summed E-state index contributed by atoms with van der Waals surface area (Å²) in [4.78, 5) is 35.6. The average molecular weight is 316 g/mol. The van der Waals surface area contributed by atoms with Crippen LogP contribution in [0.3, 0.4) is 0 Å². The Balaban J connectivity index is 2.42. The Labute approximate surface area is 121 Å². The van der Waals surface area contributed by atoms with Crippen LogP contribution in [0.25, 0.3) is 6.08 Å². The fourth-order valence-electron chi connectivity index (χ4n) is 2.07. The first kappa shape index (κ1) is 16.1. The molecule has 0 aromatic carbocycles.